The lowest BCUT2D eigenvalue weighted by atomic mass is 9.86. The standard InChI is InChI=1S/C22H42O4/c1-19(2)20(17-18-22(24)26-4)15-13-11-9-7-5-6-8-10-12-14-16-21(23)25-3/h19-20H,5-18H2,1-4H3. The molecule has 0 aliphatic carbocycles. The Morgan fingerprint density at radius 3 is 1.50 bits per heavy atom. The summed E-state index contributed by atoms with van der Waals surface area (Å²) in [5.74, 6) is 1.11. The van der Waals surface area contributed by atoms with Crippen LogP contribution >= 0.6 is 0 Å². The van der Waals surface area contributed by atoms with E-state index in [1.54, 1.807) is 0 Å². The van der Waals surface area contributed by atoms with Crippen LogP contribution in [0.2, 0.25) is 0 Å². The van der Waals surface area contributed by atoms with Gasteiger partial charge in [0.25, 0.3) is 0 Å². The van der Waals surface area contributed by atoms with Crippen LogP contribution in [-0.4, -0.2) is 26.2 Å². The van der Waals surface area contributed by atoms with E-state index in [1.807, 2.05) is 0 Å². The van der Waals surface area contributed by atoms with Gasteiger partial charge in [-0.25, -0.2) is 0 Å². The molecule has 26 heavy (non-hydrogen) atoms. The second-order valence-corrected chi connectivity index (χ2v) is 7.77. The summed E-state index contributed by atoms with van der Waals surface area (Å²) in [5.41, 5.74) is 0. The third kappa shape index (κ3) is 15.2. The van der Waals surface area contributed by atoms with Gasteiger partial charge in [0, 0.05) is 12.8 Å². The minimum atomic E-state index is -0.0880. The molecular formula is C22H42O4. The van der Waals surface area contributed by atoms with Gasteiger partial charge in [0.1, 0.15) is 0 Å². The molecule has 0 spiro atoms. The Morgan fingerprint density at radius 1 is 0.615 bits per heavy atom. The normalized spacial score (nSPS) is 12.2. The molecule has 0 aliphatic rings. The summed E-state index contributed by atoms with van der Waals surface area (Å²) >= 11 is 0. The predicted octanol–water partition coefficient (Wildman–Crippen LogP) is 6.07. The third-order valence-corrected chi connectivity index (χ3v) is 5.32. The van der Waals surface area contributed by atoms with Crippen molar-refractivity contribution in [1.82, 2.24) is 0 Å². The van der Waals surface area contributed by atoms with Crippen LogP contribution in [0, 0.1) is 11.8 Å². The van der Waals surface area contributed by atoms with Crippen molar-refractivity contribution in [2.24, 2.45) is 11.8 Å². The molecule has 0 aliphatic heterocycles. The van der Waals surface area contributed by atoms with Crippen molar-refractivity contribution in [1.29, 1.82) is 0 Å². The monoisotopic (exact) mass is 370 g/mol. The number of carbonyl (C=O) groups excluding carboxylic acids is 2. The lowest BCUT2D eigenvalue weighted by molar-refractivity contribution is -0.141. The summed E-state index contributed by atoms with van der Waals surface area (Å²) in [5, 5.41) is 0. The molecule has 0 bridgehead atoms. The third-order valence-electron chi connectivity index (χ3n) is 5.32. The van der Waals surface area contributed by atoms with E-state index in [2.05, 4.69) is 18.6 Å². The van der Waals surface area contributed by atoms with Crippen molar-refractivity contribution < 1.29 is 19.1 Å². The number of methoxy groups -OCH3 is 2. The van der Waals surface area contributed by atoms with E-state index < -0.39 is 0 Å². The zero-order chi connectivity index (χ0) is 19.6. The number of rotatable bonds is 17. The highest BCUT2D eigenvalue weighted by Crippen LogP contribution is 2.24. The van der Waals surface area contributed by atoms with Gasteiger partial charge in [-0.3, -0.25) is 9.59 Å². The average molecular weight is 371 g/mol. The first-order chi connectivity index (χ1) is 12.5. The van der Waals surface area contributed by atoms with Gasteiger partial charge in [-0.1, -0.05) is 78.1 Å². The van der Waals surface area contributed by atoms with Gasteiger partial charge < -0.3 is 9.47 Å². The molecular weight excluding hydrogens is 328 g/mol. The average Bonchev–Trinajstić information content (AvgIpc) is 2.63. The molecule has 154 valence electrons. The highest BCUT2D eigenvalue weighted by atomic mass is 16.5. The Morgan fingerprint density at radius 2 is 1.04 bits per heavy atom. The molecule has 0 aromatic carbocycles. The van der Waals surface area contributed by atoms with E-state index in [4.69, 9.17) is 4.74 Å². The quantitative estimate of drug-likeness (QED) is 0.230. The summed E-state index contributed by atoms with van der Waals surface area (Å²) in [4.78, 5) is 22.3. The van der Waals surface area contributed by atoms with Crippen LogP contribution < -0.4 is 0 Å². The fourth-order valence-electron chi connectivity index (χ4n) is 3.41. The van der Waals surface area contributed by atoms with Gasteiger partial charge in [-0.2, -0.15) is 0 Å². The Kier molecular flexibility index (Phi) is 16.7. The maximum absolute atomic E-state index is 11.3. The maximum Gasteiger partial charge on any atom is 0.305 e. The van der Waals surface area contributed by atoms with Crippen LogP contribution in [0.4, 0.5) is 0 Å². The number of ether oxygens (including phenoxy) is 2. The topological polar surface area (TPSA) is 52.6 Å². The van der Waals surface area contributed by atoms with Crippen LogP contribution in [-0.2, 0) is 19.1 Å². The molecule has 0 N–H and O–H groups in total. The summed E-state index contributed by atoms with van der Waals surface area (Å²) in [6.07, 6.45) is 15.8. The minimum Gasteiger partial charge on any atom is -0.469 e. The van der Waals surface area contributed by atoms with Crippen LogP contribution in [0.15, 0.2) is 0 Å². The highest BCUT2D eigenvalue weighted by molar-refractivity contribution is 5.69. The molecule has 0 rings (SSSR count). The smallest absolute Gasteiger partial charge is 0.305 e. The maximum atomic E-state index is 11.3. The number of hydrogen-bond donors (Lipinski definition) is 0. The zero-order valence-corrected chi connectivity index (χ0v) is 17.7. The number of carbonyl (C=O) groups is 2. The van der Waals surface area contributed by atoms with Gasteiger partial charge in [-0.05, 0) is 24.7 Å². The van der Waals surface area contributed by atoms with Crippen molar-refractivity contribution >= 4 is 11.9 Å². The van der Waals surface area contributed by atoms with Crippen LogP contribution in [0.3, 0.4) is 0 Å². The molecule has 0 amide bonds. The summed E-state index contributed by atoms with van der Waals surface area (Å²) in [6.45, 7) is 4.51. The minimum absolute atomic E-state index is 0.0825. The van der Waals surface area contributed by atoms with E-state index in [1.165, 1.54) is 72.0 Å². The fourth-order valence-corrected chi connectivity index (χ4v) is 3.41. The van der Waals surface area contributed by atoms with Crippen molar-refractivity contribution in [2.45, 2.75) is 104 Å². The second-order valence-electron chi connectivity index (χ2n) is 7.77. The van der Waals surface area contributed by atoms with Gasteiger partial charge in [0.15, 0.2) is 0 Å². The first kappa shape index (κ1) is 24.9. The zero-order valence-electron chi connectivity index (χ0n) is 17.7. The molecule has 0 heterocycles. The molecule has 0 fully saturated rings. The number of unbranched alkanes of at least 4 members (excludes halogenated alkanes) is 9. The molecule has 0 saturated heterocycles. The Hall–Kier alpha value is -1.06. The van der Waals surface area contributed by atoms with Crippen LogP contribution in [0.1, 0.15) is 104 Å². The van der Waals surface area contributed by atoms with Gasteiger partial charge in [0.05, 0.1) is 14.2 Å². The lowest BCUT2D eigenvalue weighted by Gasteiger charge is -2.20. The molecule has 1 atom stereocenters. The SMILES string of the molecule is COC(=O)CCCCCCCCCCCCC(CCC(=O)OC)C(C)C. The summed E-state index contributed by atoms with van der Waals surface area (Å²) in [7, 11) is 2.92. The molecule has 0 aromatic rings. The Bertz CT molecular complexity index is 352. The number of hydrogen-bond acceptors (Lipinski definition) is 4. The van der Waals surface area contributed by atoms with Crippen molar-refractivity contribution in [3.63, 3.8) is 0 Å². The lowest BCUT2D eigenvalue weighted by Crippen LogP contribution is -2.12. The molecule has 1 unspecified atom stereocenters. The van der Waals surface area contributed by atoms with Crippen LogP contribution in [0.25, 0.3) is 0 Å². The summed E-state index contributed by atoms with van der Waals surface area (Å²) in [6, 6.07) is 0. The molecule has 0 saturated carbocycles. The molecule has 0 aromatic heterocycles. The van der Waals surface area contributed by atoms with E-state index >= 15 is 0 Å². The van der Waals surface area contributed by atoms with Gasteiger partial charge in [0.2, 0.25) is 0 Å². The number of esters is 2. The first-order valence-electron chi connectivity index (χ1n) is 10.6. The summed E-state index contributed by atoms with van der Waals surface area (Å²) < 4.78 is 9.39. The Labute approximate surface area is 161 Å². The van der Waals surface area contributed by atoms with Crippen molar-refractivity contribution in [2.75, 3.05) is 14.2 Å². The van der Waals surface area contributed by atoms with Gasteiger partial charge in [-0.15, -0.1) is 0 Å². The Balaban J connectivity index is 3.45. The molecule has 4 nitrogen and oxygen atoms in total. The molecule has 0 radical (unpaired) electrons. The van der Waals surface area contributed by atoms with Crippen molar-refractivity contribution in [3.8, 4) is 0 Å². The van der Waals surface area contributed by atoms with E-state index in [0.29, 0.717) is 24.7 Å². The van der Waals surface area contributed by atoms with E-state index in [0.717, 1.165) is 19.3 Å². The van der Waals surface area contributed by atoms with E-state index in [9.17, 15) is 9.59 Å². The van der Waals surface area contributed by atoms with E-state index in [-0.39, 0.29) is 11.9 Å². The second kappa shape index (κ2) is 17.4. The fraction of sp³-hybridized carbons (Fsp3) is 0.909. The molecule has 4 heteroatoms. The van der Waals surface area contributed by atoms with Gasteiger partial charge >= 0.3 is 11.9 Å². The van der Waals surface area contributed by atoms with Crippen molar-refractivity contribution in [3.05, 3.63) is 0 Å². The largest absolute Gasteiger partial charge is 0.469 e. The van der Waals surface area contributed by atoms with Crippen LogP contribution in [0.5, 0.6) is 0 Å². The highest BCUT2D eigenvalue weighted by Gasteiger charge is 2.15. The predicted molar refractivity (Wildman–Crippen MR) is 107 cm³/mol. The first-order valence-corrected chi connectivity index (χ1v) is 10.6.